The summed E-state index contributed by atoms with van der Waals surface area (Å²) < 4.78 is 0. The molecular weight excluding hydrogens is 386 g/mol. The zero-order chi connectivity index (χ0) is 21.8. The van der Waals surface area contributed by atoms with Crippen LogP contribution in [0.2, 0.25) is 0 Å². The van der Waals surface area contributed by atoms with Crippen molar-refractivity contribution in [3.05, 3.63) is 102 Å². The number of rotatable bonds is 6. The van der Waals surface area contributed by atoms with Gasteiger partial charge in [-0.1, -0.05) is 48.5 Å². The number of fused-ring (bicyclic) bond motifs is 1. The molecule has 4 aromatic rings. The van der Waals surface area contributed by atoms with Crippen LogP contribution in [0, 0.1) is 0 Å². The molecule has 1 aromatic heterocycles. The van der Waals surface area contributed by atoms with Gasteiger partial charge in [-0.3, -0.25) is 9.59 Å². The van der Waals surface area contributed by atoms with Crippen molar-refractivity contribution >= 4 is 28.4 Å². The van der Waals surface area contributed by atoms with Crippen LogP contribution in [0.3, 0.4) is 0 Å². The number of aromatic nitrogens is 1. The van der Waals surface area contributed by atoms with Gasteiger partial charge in [-0.05, 0) is 48.4 Å². The summed E-state index contributed by atoms with van der Waals surface area (Å²) in [5.41, 5.74) is 4.29. The van der Waals surface area contributed by atoms with Gasteiger partial charge in [0.25, 0.3) is 5.91 Å². The van der Waals surface area contributed by atoms with E-state index in [0.717, 1.165) is 22.0 Å². The van der Waals surface area contributed by atoms with Gasteiger partial charge in [0.1, 0.15) is 0 Å². The second-order valence-electron chi connectivity index (χ2n) is 7.66. The Kier molecular flexibility index (Phi) is 5.85. The van der Waals surface area contributed by atoms with Crippen molar-refractivity contribution in [1.29, 1.82) is 0 Å². The molecule has 156 valence electrons. The molecule has 3 aromatic carbocycles. The topological polar surface area (TPSA) is 65.2 Å². The molecule has 0 aliphatic heterocycles. The summed E-state index contributed by atoms with van der Waals surface area (Å²) in [7, 11) is 1.82. The lowest BCUT2D eigenvalue weighted by Crippen LogP contribution is -2.31. The highest BCUT2D eigenvalue weighted by Gasteiger charge is 2.19. The van der Waals surface area contributed by atoms with Crippen LogP contribution in [0.4, 0.5) is 5.69 Å². The van der Waals surface area contributed by atoms with Gasteiger partial charge in [0, 0.05) is 35.4 Å². The van der Waals surface area contributed by atoms with Gasteiger partial charge in [0.2, 0.25) is 5.91 Å². The van der Waals surface area contributed by atoms with Crippen molar-refractivity contribution in [2.24, 2.45) is 0 Å². The number of carbonyl (C=O) groups is 2. The fraction of sp³-hybridized carbons (Fsp3) is 0.154. The molecule has 1 heterocycles. The van der Waals surface area contributed by atoms with E-state index in [0.29, 0.717) is 17.7 Å². The normalized spacial score (nSPS) is 11.8. The summed E-state index contributed by atoms with van der Waals surface area (Å²) in [4.78, 5) is 30.4. The van der Waals surface area contributed by atoms with Crippen LogP contribution in [-0.2, 0) is 11.2 Å². The molecule has 0 aliphatic carbocycles. The van der Waals surface area contributed by atoms with E-state index in [1.165, 1.54) is 0 Å². The summed E-state index contributed by atoms with van der Waals surface area (Å²) in [6.07, 6.45) is 2.23. The monoisotopic (exact) mass is 411 g/mol. The van der Waals surface area contributed by atoms with Gasteiger partial charge in [-0.25, -0.2) is 0 Å². The molecule has 1 atom stereocenters. The number of benzene rings is 3. The second-order valence-corrected chi connectivity index (χ2v) is 7.66. The molecule has 0 unspecified atom stereocenters. The van der Waals surface area contributed by atoms with E-state index in [2.05, 4.69) is 10.3 Å². The predicted molar refractivity (Wildman–Crippen MR) is 124 cm³/mol. The highest BCUT2D eigenvalue weighted by atomic mass is 16.2. The summed E-state index contributed by atoms with van der Waals surface area (Å²) in [6, 6.07) is 24.6. The molecule has 0 saturated heterocycles. The van der Waals surface area contributed by atoms with Gasteiger partial charge >= 0.3 is 0 Å². The van der Waals surface area contributed by atoms with Crippen LogP contribution in [0.15, 0.2) is 85.1 Å². The van der Waals surface area contributed by atoms with E-state index >= 15 is 0 Å². The fourth-order valence-corrected chi connectivity index (χ4v) is 3.67. The molecule has 5 heteroatoms. The highest BCUT2D eigenvalue weighted by Crippen LogP contribution is 2.24. The van der Waals surface area contributed by atoms with Crippen molar-refractivity contribution in [2.45, 2.75) is 19.4 Å². The molecule has 0 aliphatic rings. The van der Waals surface area contributed by atoms with Gasteiger partial charge in [-0.15, -0.1) is 0 Å². The Hall–Kier alpha value is -3.86. The minimum absolute atomic E-state index is 0.0379. The zero-order valence-corrected chi connectivity index (χ0v) is 17.6. The summed E-state index contributed by atoms with van der Waals surface area (Å²) in [5.74, 6) is -0.120. The van der Waals surface area contributed by atoms with Gasteiger partial charge < -0.3 is 15.2 Å². The SMILES string of the molecule is C[C@H](c1cccc(NC(=O)c2ccccc2)c1)N(C)C(=O)Cc1c[nH]c2ccccc12. The third-order valence-corrected chi connectivity index (χ3v) is 5.65. The Morgan fingerprint density at radius 3 is 2.52 bits per heavy atom. The van der Waals surface area contributed by atoms with E-state index in [9.17, 15) is 9.59 Å². The molecule has 4 rings (SSSR count). The van der Waals surface area contributed by atoms with Gasteiger partial charge in [0.15, 0.2) is 0 Å². The molecule has 0 radical (unpaired) electrons. The number of aromatic amines is 1. The first-order valence-corrected chi connectivity index (χ1v) is 10.3. The molecule has 2 amide bonds. The Bertz CT molecular complexity index is 1210. The van der Waals surface area contributed by atoms with Crippen molar-refractivity contribution in [1.82, 2.24) is 9.88 Å². The standard InChI is InChI=1S/C26H25N3O2/c1-18(29(2)25(30)16-21-17-27-24-14-7-6-13-23(21)24)20-11-8-12-22(15-20)28-26(31)19-9-4-3-5-10-19/h3-15,17-18,27H,16H2,1-2H3,(H,28,31)/t18-/m1/s1. The fourth-order valence-electron chi connectivity index (χ4n) is 3.67. The van der Waals surface area contributed by atoms with Crippen LogP contribution < -0.4 is 5.32 Å². The Labute approximate surface area is 181 Å². The molecule has 31 heavy (non-hydrogen) atoms. The van der Waals surface area contributed by atoms with Crippen molar-refractivity contribution in [3.63, 3.8) is 0 Å². The lowest BCUT2D eigenvalue weighted by Gasteiger charge is -2.26. The number of hydrogen-bond acceptors (Lipinski definition) is 2. The molecule has 0 saturated carbocycles. The van der Waals surface area contributed by atoms with Crippen LogP contribution in [0.1, 0.15) is 34.5 Å². The van der Waals surface area contributed by atoms with E-state index in [4.69, 9.17) is 0 Å². The largest absolute Gasteiger partial charge is 0.361 e. The van der Waals surface area contributed by atoms with E-state index in [-0.39, 0.29) is 17.9 Å². The number of nitrogens with zero attached hydrogens (tertiary/aromatic N) is 1. The number of para-hydroxylation sites is 1. The van der Waals surface area contributed by atoms with Gasteiger partial charge in [-0.2, -0.15) is 0 Å². The number of anilines is 1. The molecule has 0 bridgehead atoms. The predicted octanol–water partition coefficient (Wildman–Crippen LogP) is 5.18. The van der Waals surface area contributed by atoms with Crippen LogP contribution in [0.5, 0.6) is 0 Å². The summed E-state index contributed by atoms with van der Waals surface area (Å²) in [6.45, 7) is 1.99. The number of nitrogens with one attached hydrogen (secondary N) is 2. The third kappa shape index (κ3) is 4.51. The van der Waals surface area contributed by atoms with Crippen LogP contribution in [0.25, 0.3) is 10.9 Å². The average molecular weight is 412 g/mol. The Balaban J connectivity index is 1.45. The molecule has 0 spiro atoms. The van der Waals surface area contributed by atoms with Crippen molar-refractivity contribution in [2.75, 3.05) is 12.4 Å². The minimum Gasteiger partial charge on any atom is -0.361 e. The Morgan fingerprint density at radius 1 is 0.968 bits per heavy atom. The lowest BCUT2D eigenvalue weighted by molar-refractivity contribution is -0.131. The van der Waals surface area contributed by atoms with E-state index in [1.54, 1.807) is 17.0 Å². The zero-order valence-electron chi connectivity index (χ0n) is 17.6. The smallest absolute Gasteiger partial charge is 0.255 e. The summed E-state index contributed by atoms with van der Waals surface area (Å²) >= 11 is 0. The second kappa shape index (κ2) is 8.88. The van der Waals surface area contributed by atoms with Gasteiger partial charge in [0.05, 0.1) is 12.5 Å². The first-order valence-electron chi connectivity index (χ1n) is 10.3. The molecule has 2 N–H and O–H groups in total. The van der Waals surface area contributed by atoms with Crippen LogP contribution in [-0.4, -0.2) is 28.7 Å². The number of amides is 2. The van der Waals surface area contributed by atoms with E-state index < -0.39 is 0 Å². The molecule has 0 fully saturated rings. The van der Waals surface area contributed by atoms with Crippen molar-refractivity contribution < 1.29 is 9.59 Å². The summed E-state index contributed by atoms with van der Waals surface area (Å²) in [5, 5.41) is 4.00. The number of H-pyrrole nitrogens is 1. The maximum Gasteiger partial charge on any atom is 0.255 e. The number of hydrogen-bond donors (Lipinski definition) is 2. The third-order valence-electron chi connectivity index (χ3n) is 5.65. The maximum atomic E-state index is 13.0. The molecule has 5 nitrogen and oxygen atoms in total. The van der Waals surface area contributed by atoms with Crippen molar-refractivity contribution in [3.8, 4) is 0 Å². The van der Waals surface area contributed by atoms with Crippen LogP contribution >= 0.6 is 0 Å². The first-order chi connectivity index (χ1) is 15.0. The quantitative estimate of drug-likeness (QED) is 0.459. The minimum atomic E-state index is -0.158. The highest BCUT2D eigenvalue weighted by molar-refractivity contribution is 6.04. The Morgan fingerprint density at radius 2 is 1.71 bits per heavy atom. The average Bonchev–Trinajstić information content (AvgIpc) is 3.21. The number of carbonyl (C=O) groups excluding carboxylic acids is 2. The maximum absolute atomic E-state index is 13.0. The molecular formula is C26H25N3O2. The lowest BCUT2D eigenvalue weighted by atomic mass is 10.0. The number of likely N-dealkylation sites (N-methyl/N-ethyl adjacent to an activating group) is 1. The van der Waals surface area contributed by atoms with E-state index in [1.807, 2.05) is 86.9 Å². The first kappa shape index (κ1) is 20.4.